The number of hydrogen-bond donors (Lipinski definition) is 0. The molecule has 1 aliphatic heterocycles. The van der Waals surface area contributed by atoms with E-state index in [2.05, 4.69) is 46.3 Å². The van der Waals surface area contributed by atoms with Crippen molar-refractivity contribution in [2.75, 3.05) is 11.9 Å². The smallest absolute Gasteiger partial charge is 0.267 e. The van der Waals surface area contributed by atoms with E-state index >= 15 is 0 Å². The highest BCUT2D eigenvalue weighted by atomic mass is 79.9. The molecule has 0 radical (unpaired) electrons. The van der Waals surface area contributed by atoms with Crippen LogP contribution in [0.15, 0.2) is 0 Å². The predicted molar refractivity (Wildman–Crippen MR) is 81.1 cm³/mol. The number of piperidine rings is 1. The number of rotatable bonds is 2. The second kappa shape index (κ2) is 5.87. The molecule has 106 valence electrons. The van der Waals surface area contributed by atoms with Crippen LogP contribution in [-0.2, 0) is 5.41 Å². The van der Waals surface area contributed by atoms with E-state index in [1.165, 1.54) is 18.0 Å². The minimum Gasteiger partial charge on any atom is -0.334 e. The molecule has 0 spiro atoms. The summed E-state index contributed by atoms with van der Waals surface area (Å²) in [5.41, 5.74) is 0.680. The minimum absolute atomic E-state index is 0.101. The van der Waals surface area contributed by atoms with Gasteiger partial charge in [-0.2, -0.15) is 0 Å². The molecule has 0 aromatic carbocycles. The van der Waals surface area contributed by atoms with Gasteiger partial charge in [-0.05, 0) is 30.8 Å². The zero-order valence-corrected chi connectivity index (χ0v) is 14.1. The van der Waals surface area contributed by atoms with Crippen LogP contribution in [0.5, 0.6) is 0 Å². The summed E-state index contributed by atoms with van der Waals surface area (Å²) in [6, 6.07) is 0.302. The Morgan fingerprint density at radius 3 is 2.84 bits per heavy atom. The fraction of sp³-hybridized carbons (Fsp3) is 0.769. The predicted octanol–water partition coefficient (Wildman–Crippen LogP) is 3.23. The number of amides is 1. The van der Waals surface area contributed by atoms with E-state index in [4.69, 9.17) is 0 Å². The van der Waals surface area contributed by atoms with Gasteiger partial charge in [0, 0.05) is 23.3 Å². The lowest BCUT2D eigenvalue weighted by atomic mass is 9.91. The van der Waals surface area contributed by atoms with Crippen molar-refractivity contribution in [3.8, 4) is 0 Å². The maximum Gasteiger partial charge on any atom is 0.267 e. The van der Waals surface area contributed by atoms with Crippen LogP contribution in [0.25, 0.3) is 0 Å². The summed E-state index contributed by atoms with van der Waals surface area (Å²) < 4.78 is 3.99. The maximum atomic E-state index is 12.7. The molecule has 1 aromatic rings. The number of aromatic nitrogens is 2. The van der Waals surface area contributed by atoms with Gasteiger partial charge in [0.15, 0.2) is 0 Å². The zero-order valence-electron chi connectivity index (χ0n) is 11.6. The standard InChI is InChI=1S/C13H20BrN3OS/c1-13(2,3)11-10(19-16-15-11)12(18)17-7-5-4-6-9(17)8-14/h9H,4-8H2,1-3H3. The van der Waals surface area contributed by atoms with Gasteiger partial charge in [0.2, 0.25) is 0 Å². The highest BCUT2D eigenvalue weighted by molar-refractivity contribution is 9.09. The van der Waals surface area contributed by atoms with Gasteiger partial charge in [-0.25, -0.2) is 0 Å². The lowest BCUT2D eigenvalue weighted by Gasteiger charge is -2.34. The molecular weight excluding hydrogens is 326 g/mol. The SMILES string of the molecule is CC(C)(C)c1nnsc1C(=O)N1CCCCC1CBr. The van der Waals surface area contributed by atoms with Crippen molar-refractivity contribution in [3.63, 3.8) is 0 Å². The highest BCUT2D eigenvalue weighted by Gasteiger charge is 2.32. The van der Waals surface area contributed by atoms with Crippen molar-refractivity contribution in [2.24, 2.45) is 0 Å². The molecule has 1 atom stereocenters. The molecule has 1 amide bonds. The molecule has 19 heavy (non-hydrogen) atoms. The van der Waals surface area contributed by atoms with Gasteiger partial charge < -0.3 is 4.90 Å². The van der Waals surface area contributed by atoms with Crippen LogP contribution in [0, 0.1) is 0 Å². The molecule has 2 rings (SSSR count). The first-order valence-corrected chi connectivity index (χ1v) is 8.54. The van der Waals surface area contributed by atoms with Crippen molar-refractivity contribution in [1.29, 1.82) is 0 Å². The Balaban J connectivity index is 2.26. The normalized spacial score (nSPS) is 20.6. The second-order valence-electron chi connectivity index (χ2n) is 6.00. The number of carbonyl (C=O) groups is 1. The Hall–Kier alpha value is -0.490. The van der Waals surface area contributed by atoms with Crippen molar-refractivity contribution >= 4 is 33.4 Å². The van der Waals surface area contributed by atoms with E-state index in [0.29, 0.717) is 10.9 Å². The summed E-state index contributed by atoms with van der Waals surface area (Å²) >= 11 is 4.74. The van der Waals surface area contributed by atoms with Crippen molar-refractivity contribution in [1.82, 2.24) is 14.5 Å². The van der Waals surface area contributed by atoms with E-state index in [9.17, 15) is 4.79 Å². The number of alkyl halides is 1. The third kappa shape index (κ3) is 3.16. The second-order valence-corrected chi connectivity index (χ2v) is 7.40. The quantitative estimate of drug-likeness (QED) is 0.773. The number of likely N-dealkylation sites (tertiary alicyclic amines) is 1. The highest BCUT2D eigenvalue weighted by Crippen LogP contribution is 2.29. The summed E-state index contributed by atoms with van der Waals surface area (Å²) in [5, 5.41) is 5.01. The van der Waals surface area contributed by atoms with E-state index < -0.39 is 0 Å². The van der Waals surface area contributed by atoms with Gasteiger partial charge in [-0.15, -0.1) is 5.10 Å². The topological polar surface area (TPSA) is 46.1 Å². The average molecular weight is 346 g/mol. The van der Waals surface area contributed by atoms with E-state index in [1.807, 2.05) is 4.90 Å². The fourth-order valence-corrected chi connectivity index (χ4v) is 3.89. The first kappa shape index (κ1) is 14.9. The van der Waals surface area contributed by atoms with E-state index in [1.54, 1.807) is 0 Å². The number of carbonyl (C=O) groups excluding carboxylic acids is 1. The molecule has 4 nitrogen and oxygen atoms in total. The lowest BCUT2D eigenvalue weighted by Crippen LogP contribution is -2.45. The van der Waals surface area contributed by atoms with Crippen LogP contribution in [0.2, 0.25) is 0 Å². The molecule has 1 aliphatic rings. The van der Waals surface area contributed by atoms with Crippen molar-refractivity contribution in [2.45, 2.75) is 51.5 Å². The van der Waals surface area contributed by atoms with Gasteiger partial charge >= 0.3 is 0 Å². The number of hydrogen-bond acceptors (Lipinski definition) is 4. The van der Waals surface area contributed by atoms with Crippen LogP contribution in [0.4, 0.5) is 0 Å². The summed E-state index contributed by atoms with van der Waals surface area (Å²) in [7, 11) is 0. The summed E-state index contributed by atoms with van der Waals surface area (Å²) in [6.45, 7) is 7.05. The molecule has 1 saturated heterocycles. The fourth-order valence-electron chi connectivity index (χ4n) is 2.38. The van der Waals surface area contributed by atoms with Crippen molar-refractivity contribution < 1.29 is 4.79 Å². The Bertz CT molecular complexity index is 455. The summed E-state index contributed by atoms with van der Waals surface area (Å²) in [5.74, 6) is 0.101. The molecule has 1 aromatic heterocycles. The first-order chi connectivity index (χ1) is 8.95. The lowest BCUT2D eigenvalue weighted by molar-refractivity contribution is 0.0644. The Morgan fingerprint density at radius 1 is 1.47 bits per heavy atom. The van der Waals surface area contributed by atoms with Gasteiger partial charge in [0.1, 0.15) is 4.88 Å². The van der Waals surface area contributed by atoms with Crippen LogP contribution in [0.3, 0.4) is 0 Å². The van der Waals surface area contributed by atoms with Gasteiger partial charge in [0.25, 0.3) is 5.91 Å². The van der Waals surface area contributed by atoms with Crippen molar-refractivity contribution in [3.05, 3.63) is 10.6 Å². The monoisotopic (exact) mass is 345 g/mol. The van der Waals surface area contributed by atoms with Crippen LogP contribution in [-0.4, -0.2) is 38.3 Å². The van der Waals surface area contributed by atoms with E-state index in [0.717, 1.165) is 30.4 Å². The average Bonchev–Trinajstić information content (AvgIpc) is 2.87. The Labute approximate surface area is 126 Å². The van der Waals surface area contributed by atoms with Gasteiger partial charge in [-0.3, -0.25) is 4.79 Å². The molecule has 2 heterocycles. The van der Waals surface area contributed by atoms with Gasteiger partial charge in [-0.1, -0.05) is 41.2 Å². The largest absolute Gasteiger partial charge is 0.334 e. The molecule has 1 fully saturated rings. The van der Waals surface area contributed by atoms with Crippen LogP contribution >= 0.6 is 27.5 Å². The molecule has 0 aliphatic carbocycles. The summed E-state index contributed by atoms with van der Waals surface area (Å²) in [4.78, 5) is 15.4. The zero-order chi connectivity index (χ0) is 14.0. The van der Waals surface area contributed by atoms with Gasteiger partial charge in [0.05, 0.1) is 5.69 Å². The first-order valence-electron chi connectivity index (χ1n) is 6.65. The molecular formula is C13H20BrN3OS. The van der Waals surface area contributed by atoms with Crippen LogP contribution in [0.1, 0.15) is 55.4 Å². The third-order valence-electron chi connectivity index (χ3n) is 3.46. The molecule has 6 heteroatoms. The minimum atomic E-state index is -0.141. The van der Waals surface area contributed by atoms with Crippen LogP contribution < -0.4 is 0 Å². The van der Waals surface area contributed by atoms with E-state index in [-0.39, 0.29) is 11.3 Å². The molecule has 1 unspecified atom stereocenters. The number of halogens is 1. The third-order valence-corrected chi connectivity index (χ3v) is 4.92. The summed E-state index contributed by atoms with van der Waals surface area (Å²) in [6.07, 6.45) is 3.37. The maximum absolute atomic E-state index is 12.7. The molecule has 0 bridgehead atoms. The number of nitrogens with zero attached hydrogens (tertiary/aromatic N) is 3. The Kier molecular flexibility index (Phi) is 4.61. The molecule has 0 N–H and O–H groups in total. The Morgan fingerprint density at radius 2 is 2.21 bits per heavy atom. The molecule has 0 saturated carbocycles.